The number of aromatic nitrogens is 1. The number of para-hydroxylation sites is 1. The molecule has 1 aromatic heterocycles. The number of aromatic carboxylic acids is 1. The zero-order valence-electron chi connectivity index (χ0n) is 11.7. The van der Waals surface area contributed by atoms with Crippen molar-refractivity contribution in [1.29, 1.82) is 0 Å². The van der Waals surface area contributed by atoms with E-state index in [2.05, 4.69) is 32.7 Å². The van der Waals surface area contributed by atoms with E-state index in [-0.39, 0.29) is 11.0 Å². The number of nitrogens with zero attached hydrogens (tertiary/aromatic N) is 1. The van der Waals surface area contributed by atoms with E-state index < -0.39 is 5.97 Å². The highest BCUT2D eigenvalue weighted by molar-refractivity contribution is 6.00. The summed E-state index contributed by atoms with van der Waals surface area (Å²) in [6, 6.07) is 4.97. The molecule has 0 saturated carbocycles. The minimum absolute atomic E-state index is 0.163. The SMILES string of the molecule is CC(Cc1nc2c(C(=O)O)cccc2o1)C(C)(C)C. The molecule has 0 aliphatic rings. The van der Waals surface area contributed by atoms with Crippen LogP contribution in [0.25, 0.3) is 11.1 Å². The highest BCUT2D eigenvalue weighted by atomic mass is 16.4. The fourth-order valence-corrected chi connectivity index (χ4v) is 1.82. The molecule has 4 heteroatoms. The molecule has 4 nitrogen and oxygen atoms in total. The maximum absolute atomic E-state index is 11.1. The minimum atomic E-state index is -0.977. The highest BCUT2D eigenvalue weighted by Gasteiger charge is 2.23. The van der Waals surface area contributed by atoms with Crippen molar-refractivity contribution < 1.29 is 14.3 Å². The van der Waals surface area contributed by atoms with Gasteiger partial charge in [-0.15, -0.1) is 0 Å². The van der Waals surface area contributed by atoms with Crippen molar-refractivity contribution >= 4 is 17.1 Å². The molecular formula is C15H19NO3. The first-order valence-corrected chi connectivity index (χ1v) is 6.41. The van der Waals surface area contributed by atoms with E-state index in [9.17, 15) is 4.79 Å². The lowest BCUT2D eigenvalue weighted by Gasteiger charge is -2.25. The van der Waals surface area contributed by atoms with E-state index in [1.54, 1.807) is 18.2 Å². The summed E-state index contributed by atoms with van der Waals surface area (Å²) < 4.78 is 5.65. The average molecular weight is 261 g/mol. The second-order valence-electron chi connectivity index (χ2n) is 6.04. The van der Waals surface area contributed by atoms with Gasteiger partial charge in [-0.1, -0.05) is 33.8 Å². The quantitative estimate of drug-likeness (QED) is 0.913. The van der Waals surface area contributed by atoms with E-state index in [4.69, 9.17) is 9.52 Å². The van der Waals surface area contributed by atoms with Crippen LogP contribution in [-0.2, 0) is 6.42 Å². The van der Waals surface area contributed by atoms with Crippen LogP contribution in [0.15, 0.2) is 22.6 Å². The van der Waals surface area contributed by atoms with Crippen LogP contribution in [0.2, 0.25) is 0 Å². The van der Waals surface area contributed by atoms with Crippen LogP contribution in [0.5, 0.6) is 0 Å². The maximum Gasteiger partial charge on any atom is 0.338 e. The Bertz CT molecular complexity index is 607. The van der Waals surface area contributed by atoms with E-state index in [0.29, 0.717) is 29.3 Å². The minimum Gasteiger partial charge on any atom is -0.478 e. The Morgan fingerprint density at radius 3 is 2.68 bits per heavy atom. The lowest BCUT2D eigenvalue weighted by Crippen LogP contribution is -2.19. The summed E-state index contributed by atoms with van der Waals surface area (Å²) in [7, 11) is 0. The molecule has 1 aromatic carbocycles. The van der Waals surface area contributed by atoms with Crippen molar-refractivity contribution in [3.63, 3.8) is 0 Å². The molecule has 1 atom stereocenters. The fraction of sp³-hybridized carbons (Fsp3) is 0.467. The monoisotopic (exact) mass is 261 g/mol. The van der Waals surface area contributed by atoms with Gasteiger partial charge in [-0.25, -0.2) is 9.78 Å². The van der Waals surface area contributed by atoms with Crippen LogP contribution in [0, 0.1) is 11.3 Å². The third-order valence-corrected chi connectivity index (χ3v) is 3.65. The lowest BCUT2D eigenvalue weighted by molar-refractivity contribution is 0.0699. The van der Waals surface area contributed by atoms with Crippen molar-refractivity contribution in [2.24, 2.45) is 11.3 Å². The van der Waals surface area contributed by atoms with Gasteiger partial charge in [-0.05, 0) is 23.5 Å². The smallest absolute Gasteiger partial charge is 0.338 e. The number of hydrogen-bond acceptors (Lipinski definition) is 3. The Morgan fingerprint density at radius 1 is 1.42 bits per heavy atom. The molecule has 0 aliphatic heterocycles. The summed E-state index contributed by atoms with van der Waals surface area (Å²) in [6.45, 7) is 8.65. The van der Waals surface area contributed by atoms with E-state index in [0.717, 1.165) is 0 Å². The van der Waals surface area contributed by atoms with Crippen LogP contribution >= 0.6 is 0 Å². The second kappa shape index (κ2) is 4.68. The first kappa shape index (κ1) is 13.6. The van der Waals surface area contributed by atoms with Gasteiger partial charge in [0.1, 0.15) is 5.52 Å². The molecular weight excluding hydrogens is 242 g/mol. The van der Waals surface area contributed by atoms with Crippen LogP contribution in [0.4, 0.5) is 0 Å². The van der Waals surface area contributed by atoms with E-state index >= 15 is 0 Å². The van der Waals surface area contributed by atoms with Gasteiger partial charge in [0.05, 0.1) is 5.56 Å². The van der Waals surface area contributed by atoms with E-state index in [1.165, 1.54) is 0 Å². The van der Waals surface area contributed by atoms with Gasteiger partial charge in [0.25, 0.3) is 0 Å². The highest BCUT2D eigenvalue weighted by Crippen LogP contribution is 2.29. The standard InChI is InChI=1S/C15H19NO3/c1-9(15(2,3)4)8-12-16-13-10(14(17)18)6-5-7-11(13)19-12/h5-7,9H,8H2,1-4H3,(H,17,18). The molecule has 2 aromatic rings. The largest absolute Gasteiger partial charge is 0.478 e. The Kier molecular flexibility index (Phi) is 3.35. The van der Waals surface area contributed by atoms with Crippen molar-refractivity contribution in [3.05, 3.63) is 29.7 Å². The van der Waals surface area contributed by atoms with Crippen LogP contribution < -0.4 is 0 Å². The number of hydrogen-bond donors (Lipinski definition) is 1. The molecule has 19 heavy (non-hydrogen) atoms. The van der Waals surface area contributed by atoms with Gasteiger partial charge in [-0.3, -0.25) is 0 Å². The number of carbonyl (C=O) groups is 1. The zero-order valence-corrected chi connectivity index (χ0v) is 11.7. The number of benzene rings is 1. The predicted molar refractivity (Wildman–Crippen MR) is 73.3 cm³/mol. The molecule has 2 rings (SSSR count). The summed E-state index contributed by atoms with van der Waals surface area (Å²) in [6.07, 6.45) is 0.706. The lowest BCUT2D eigenvalue weighted by atomic mass is 9.80. The molecule has 0 bridgehead atoms. The Balaban J connectivity index is 2.37. The van der Waals surface area contributed by atoms with Crippen LogP contribution in [-0.4, -0.2) is 16.1 Å². The molecule has 1 N–H and O–H groups in total. The van der Waals surface area contributed by atoms with E-state index in [1.807, 2.05) is 0 Å². The predicted octanol–water partition coefficient (Wildman–Crippen LogP) is 3.75. The summed E-state index contributed by atoms with van der Waals surface area (Å²) >= 11 is 0. The molecule has 0 spiro atoms. The van der Waals surface area contributed by atoms with Crippen LogP contribution in [0.1, 0.15) is 43.9 Å². The molecule has 1 unspecified atom stereocenters. The first-order chi connectivity index (χ1) is 8.79. The van der Waals surface area contributed by atoms with Crippen molar-refractivity contribution in [2.75, 3.05) is 0 Å². The second-order valence-corrected chi connectivity index (χ2v) is 6.04. The van der Waals surface area contributed by atoms with Crippen molar-refractivity contribution in [2.45, 2.75) is 34.1 Å². The van der Waals surface area contributed by atoms with Gasteiger partial charge in [-0.2, -0.15) is 0 Å². The Hall–Kier alpha value is -1.84. The van der Waals surface area contributed by atoms with Crippen molar-refractivity contribution in [1.82, 2.24) is 4.98 Å². The average Bonchev–Trinajstić information content (AvgIpc) is 2.68. The molecule has 0 fully saturated rings. The van der Waals surface area contributed by atoms with Gasteiger partial charge >= 0.3 is 5.97 Å². The van der Waals surface area contributed by atoms with Gasteiger partial charge in [0.15, 0.2) is 11.5 Å². The van der Waals surface area contributed by atoms with Gasteiger partial charge in [0.2, 0.25) is 0 Å². The molecule has 0 radical (unpaired) electrons. The van der Waals surface area contributed by atoms with Gasteiger partial charge in [0, 0.05) is 6.42 Å². The third-order valence-electron chi connectivity index (χ3n) is 3.65. The van der Waals surface area contributed by atoms with Gasteiger partial charge < -0.3 is 9.52 Å². The summed E-state index contributed by atoms with van der Waals surface area (Å²) in [5.41, 5.74) is 1.33. The molecule has 0 saturated heterocycles. The number of oxazole rings is 1. The maximum atomic E-state index is 11.1. The van der Waals surface area contributed by atoms with Crippen LogP contribution in [0.3, 0.4) is 0 Å². The third kappa shape index (κ3) is 2.78. The number of rotatable bonds is 3. The molecule has 0 amide bonds. The first-order valence-electron chi connectivity index (χ1n) is 6.41. The number of carboxylic acid groups (broad SMARTS) is 1. The Labute approximate surface area is 112 Å². The summed E-state index contributed by atoms with van der Waals surface area (Å²) in [5, 5.41) is 9.12. The zero-order chi connectivity index (χ0) is 14.2. The molecule has 0 aliphatic carbocycles. The normalized spacial score (nSPS) is 13.7. The summed E-state index contributed by atoms with van der Waals surface area (Å²) in [4.78, 5) is 15.5. The molecule has 102 valence electrons. The molecule has 1 heterocycles. The topological polar surface area (TPSA) is 63.3 Å². The fourth-order valence-electron chi connectivity index (χ4n) is 1.82. The summed E-state index contributed by atoms with van der Waals surface area (Å²) in [5.74, 6) is 0.0225. The van der Waals surface area contributed by atoms with Crippen molar-refractivity contribution in [3.8, 4) is 0 Å². The Morgan fingerprint density at radius 2 is 2.11 bits per heavy atom. The number of carboxylic acids is 1. The number of fused-ring (bicyclic) bond motifs is 1.